The molecule has 0 saturated carbocycles. The molecule has 0 aromatic heterocycles. The van der Waals surface area contributed by atoms with Crippen LogP contribution in [0.15, 0.2) is 12.1 Å². The number of hydrogen-bond acceptors (Lipinski definition) is 3. The van der Waals surface area contributed by atoms with Crippen LogP contribution in [0.4, 0.5) is 4.39 Å². The summed E-state index contributed by atoms with van der Waals surface area (Å²) >= 11 is 11.9. The summed E-state index contributed by atoms with van der Waals surface area (Å²) in [4.78, 5) is 10.9. The lowest BCUT2D eigenvalue weighted by Gasteiger charge is -2.28. The first-order valence-electron chi connectivity index (χ1n) is 7.22. The zero-order valence-electron chi connectivity index (χ0n) is 12.9. The standard InChI is InChI=1S/C14H20Cl2FNO3Si/c1-4-22(5-2,6-3)21-9-13(18(19)20)14-11(15)7-10(17)8-12(14)16/h7-8,13H,4-6,9H2,1-3H3. The summed E-state index contributed by atoms with van der Waals surface area (Å²) in [7, 11) is -1.97. The number of benzene rings is 1. The van der Waals surface area contributed by atoms with Gasteiger partial charge in [0.2, 0.25) is 0 Å². The first kappa shape index (κ1) is 19.4. The highest BCUT2D eigenvalue weighted by molar-refractivity contribution is 6.73. The smallest absolute Gasteiger partial charge is 0.262 e. The Morgan fingerprint density at radius 1 is 1.23 bits per heavy atom. The second-order valence-corrected chi connectivity index (χ2v) is 10.7. The molecule has 0 heterocycles. The number of nitrogens with zero attached hydrogens (tertiary/aromatic N) is 1. The van der Waals surface area contributed by atoms with E-state index < -0.39 is 25.1 Å². The minimum absolute atomic E-state index is 0.0490. The van der Waals surface area contributed by atoms with E-state index in [1.165, 1.54) is 0 Å². The van der Waals surface area contributed by atoms with Crippen LogP contribution in [0.3, 0.4) is 0 Å². The molecule has 0 amide bonds. The van der Waals surface area contributed by atoms with Gasteiger partial charge in [-0.15, -0.1) is 0 Å². The molecule has 0 saturated heterocycles. The van der Waals surface area contributed by atoms with E-state index in [1.54, 1.807) is 0 Å². The van der Waals surface area contributed by atoms with Crippen molar-refractivity contribution in [2.24, 2.45) is 0 Å². The highest BCUT2D eigenvalue weighted by Gasteiger charge is 2.35. The molecule has 0 radical (unpaired) electrons. The monoisotopic (exact) mass is 367 g/mol. The van der Waals surface area contributed by atoms with Crippen molar-refractivity contribution in [2.45, 2.75) is 44.9 Å². The minimum Gasteiger partial charge on any atom is -0.409 e. The number of rotatable bonds is 8. The Balaban J connectivity index is 3.09. The lowest BCUT2D eigenvalue weighted by Crippen LogP contribution is -2.38. The zero-order valence-corrected chi connectivity index (χ0v) is 15.4. The van der Waals surface area contributed by atoms with Crippen LogP contribution < -0.4 is 0 Å². The summed E-state index contributed by atoms with van der Waals surface area (Å²) in [5.74, 6) is -0.624. The summed E-state index contributed by atoms with van der Waals surface area (Å²) < 4.78 is 19.2. The second kappa shape index (κ2) is 8.24. The Kier molecular flexibility index (Phi) is 7.25. The van der Waals surface area contributed by atoms with Gasteiger partial charge in [-0.05, 0) is 30.3 Å². The molecule has 1 atom stereocenters. The van der Waals surface area contributed by atoms with Gasteiger partial charge in [0, 0.05) is 4.92 Å². The maximum atomic E-state index is 13.2. The minimum atomic E-state index is -1.97. The highest BCUT2D eigenvalue weighted by Crippen LogP contribution is 2.34. The normalized spacial score (nSPS) is 13.2. The van der Waals surface area contributed by atoms with Gasteiger partial charge in [0.25, 0.3) is 6.04 Å². The van der Waals surface area contributed by atoms with Crippen LogP contribution in [0.25, 0.3) is 0 Å². The fourth-order valence-electron chi connectivity index (χ4n) is 2.43. The lowest BCUT2D eigenvalue weighted by atomic mass is 10.1. The van der Waals surface area contributed by atoms with Gasteiger partial charge in [-0.25, -0.2) is 4.39 Å². The molecular weight excluding hydrogens is 348 g/mol. The average molecular weight is 368 g/mol. The van der Waals surface area contributed by atoms with E-state index in [2.05, 4.69) is 0 Å². The SMILES string of the molecule is CC[Si](CC)(CC)OCC(c1c(Cl)cc(F)cc1Cl)[N+](=O)[O-]. The summed E-state index contributed by atoms with van der Waals surface area (Å²) in [6.07, 6.45) is 0. The predicted octanol–water partition coefficient (Wildman–Crippen LogP) is 5.47. The molecular formula is C14H20Cl2FNO3Si. The van der Waals surface area contributed by atoms with Crippen molar-refractivity contribution in [3.63, 3.8) is 0 Å². The van der Waals surface area contributed by atoms with Crippen LogP contribution in [0.1, 0.15) is 32.4 Å². The van der Waals surface area contributed by atoms with Crippen LogP contribution in [0.2, 0.25) is 28.2 Å². The van der Waals surface area contributed by atoms with E-state index in [-0.39, 0.29) is 22.2 Å². The molecule has 8 heteroatoms. The van der Waals surface area contributed by atoms with Crippen LogP contribution >= 0.6 is 23.2 Å². The Hall–Kier alpha value is -0.693. The van der Waals surface area contributed by atoms with Gasteiger partial charge in [-0.3, -0.25) is 10.1 Å². The van der Waals surface area contributed by atoms with E-state index in [4.69, 9.17) is 27.6 Å². The van der Waals surface area contributed by atoms with E-state index in [9.17, 15) is 14.5 Å². The fourth-order valence-corrected chi connectivity index (χ4v) is 5.77. The third-order valence-corrected chi connectivity index (χ3v) is 9.38. The summed E-state index contributed by atoms with van der Waals surface area (Å²) in [6, 6.07) is 3.52. The predicted molar refractivity (Wildman–Crippen MR) is 89.3 cm³/mol. The molecule has 4 nitrogen and oxygen atoms in total. The largest absolute Gasteiger partial charge is 0.409 e. The first-order valence-corrected chi connectivity index (χ1v) is 10.5. The van der Waals surface area contributed by atoms with E-state index in [0.29, 0.717) is 0 Å². The van der Waals surface area contributed by atoms with Gasteiger partial charge in [-0.1, -0.05) is 44.0 Å². The highest BCUT2D eigenvalue weighted by atomic mass is 35.5. The van der Waals surface area contributed by atoms with Gasteiger partial charge in [0.15, 0.2) is 8.32 Å². The van der Waals surface area contributed by atoms with Crippen molar-refractivity contribution in [3.05, 3.63) is 43.7 Å². The first-order chi connectivity index (χ1) is 10.3. The van der Waals surface area contributed by atoms with E-state index in [1.807, 2.05) is 20.8 Å². The lowest BCUT2D eigenvalue weighted by molar-refractivity contribution is -0.531. The van der Waals surface area contributed by atoms with E-state index in [0.717, 1.165) is 30.3 Å². The summed E-state index contributed by atoms with van der Waals surface area (Å²) in [5.41, 5.74) is 0.112. The van der Waals surface area contributed by atoms with Gasteiger partial charge in [-0.2, -0.15) is 0 Å². The molecule has 1 unspecified atom stereocenters. The Morgan fingerprint density at radius 3 is 2.05 bits per heavy atom. The van der Waals surface area contributed by atoms with Crippen molar-refractivity contribution >= 4 is 31.5 Å². The van der Waals surface area contributed by atoms with Crippen LogP contribution in [0.5, 0.6) is 0 Å². The Labute approximate surface area is 140 Å². The van der Waals surface area contributed by atoms with Gasteiger partial charge in [0.05, 0.1) is 15.6 Å². The molecule has 1 aromatic rings. The fraction of sp³-hybridized carbons (Fsp3) is 0.571. The Morgan fingerprint density at radius 2 is 1.68 bits per heavy atom. The van der Waals surface area contributed by atoms with Crippen molar-refractivity contribution in [1.29, 1.82) is 0 Å². The molecule has 0 aliphatic rings. The molecule has 0 aliphatic heterocycles. The molecule has 0 bridgehead atoms. The second-order valence-electron chi connectivity index (χ2n) is 5.14. The molecule has 0 aliphatic carbocycles. The topological polar surface area (TPSA) is 52.4 Å². The van der Waals surface area contributed by atoms with Gasteiger partial charge < -0.3 is 4.43 Å². The van der Waals surface area contributed by atoms with Crippen molar-refractivity contribution in [2.75, 3.05) is 6.61 Å². The number of halogens is 3. The van der Waals surface area contributed by atoms with Gasteiger partial charge >= 0.3 is 0 Å². The average Bonchev–Trinajstić information content (AvgIpc) is 2.45. The summed E-state index contributed by atoms with van der Waals surface area (Å²) in [5, 5.41) is 11.3. The van der Waals surface area contributed by atoms with E-state index >= 15 is 0 Å². The molecule has 0 fully saturated rings. The maximum absolute atomic E-state index is 13.2. The van der Waals surface area contributed by atoms with Crippen molar-refractivity contribution < 1.29 is 13.7 Å². The third kappa shape index (κ3) is 4.41. The van der Waals surface area contributed by atoms with Crippen LogP contribution in [-0.4, -0.2) is 19.8 Å². The number of nitro groups is 1. The van der Waals surface area contributed by atoms with Crippen molar-refractivity contribution in [1.82, 2.24) is 0 Å². The third-order valence-electron chi connectivity index (χ3n) is 4.11. The Bertz CT molecular complexity index is 510. The number of hydrogen-bond donors (Lipinski definition) is 0. The molecule has 0 spiro atoms. The molecule has 22 heavy (non-hydrogen) atoms. The van der Waals surface area contributed by atoms with Crippen LogP contribution in [-0.2, 0) is 4.43 Å². The van der Waals surface area contributed by atoms with Crippen LogP contribution in [0, 0.1) is 15.9 Å². The zero-order chi connectivity index (χ0) is 16.9. The quantitative estimate of drug-likeness (QED) is 0.347. The summed E-state index contributed by atoms with van der Waals surface area (Å²) in [6.45, 7) is 6.02. The maximum Gasteiger partial charge on any atom is 0.262 e. The van der Waals surface area contributed by atoms with Crippen molar-refractivity contribution in [3.8, 4) is 0 Å². The molecule has 1 rings (SSSR count). The molecule has 124 valence electrons. The molecule has 1 aromatic carbocycles. The van der Waals surface area contributed by atoms with Gasteiger partial charge in [0.1, 0.15) is 12.4 Å². The molecule has 0 N–H and O–H groups in total.